The van der Waals surface area contributed by atoms with E-state index >= 15 is 0 Å². The lowest BCUT2D eigenvalue weighted by Crippen LogP contribution is -1.95. The van der Waals surface area contributed by atoms with E-state index < -0.39 is 0 Å². The average molecular weight is 113 g/mol. The highest BCUT2D eigenvalue weighted by Gasteiger charge is 1.79. The quantitative estimate of drug-likeness (QED) is 0.554. The van der Waals surface area contributed by atoms with Crippen molar-refractivity contribution in [2.75, 3.05) is 6.54 Å². The van der Waals surface area contributed by atoms with E-state index in [2.05, 4.69) is 19.9 Å². The molecule has 0 aromatic rings. The zero-order valence-electron chi connectivity index (χ0n) is 5.78. The minimum absolute atomic E-state index is 0.775. The first-order valence-electron chi connectivity index (χ1n) is 3.17. The summed E-state index contributed by atoms with van der Waals surface area (Å²) in [7, 11) is 0. The van der Waals surface area contributed by atoms with Crippen molar-refractivity contribution < 1.29 is 0 Å². The molecule has 0 saturated heterocycles. The van der Waals surface area contributed by atoms with E-state index in [-0.39, 0.29) is 0 Å². The number of nitrogens with two attached hydrogens (primary N) is 1. The Labute approximate surface area is 51.6 Å². The van der Waals surface area contributed by atoms with Crippen LogP contribution in [0.3, 0.4) is 0 Å². The van der Waals surface area contributed by atoms with Gasteiger partial charge in [-0.05, 0) is 26.3 Å². The van der Waals surface area contributed by atoms with Crippen LogP contribution in [0.4, 0.5) is 0 Å². The first kappa shape index (κ1) is 7.70. The molecule has 0 aliphatic rings. The summed E-state index contributed by atoms with van der Waals surface area (Å²) in [5, 5.41) is 0. The number of hydrogen-bond donors (Lipinski definition) is 1. The molecule has 0 aromatic heterocycles. The van der Waals surface area contributed by atoms with Crippen LogP contribution in [0.2, 0.25) is 0 Å². The van der Waals surface area contributed by atoms with E-state index in [9.17, 15) is 0 Å². The summed E-state index contributed by atoms with van der Waals surface area (Å²) in [5.74, 6) is 0. The van der Waals surface area contributed by atoms with Gasteiger partial charge < -0.3 is 5.73 Å². The Kier molecular flexibility index (Phi) is 4.67. The molecule has 2 N–H and O–H groups in total. The van der Waals surface area contributed by atoms with Crippen LogP contribution in [-0.4, -0.2) is 6.54 Å². The molecule has 0 radical (unpaired) electrons. The smallest absolute Gasteiger partial charge is 0.00425 e. The van der Waals surface area contributed by atoms with Crippen LogP contribution in [-0.2, 0) is 0 Å². The SMILES string of the molecule is CC/C(C)=C/CCN. The largest absolute Gasteiger partial charge is 0.330 e. The molecule has 0 saturated carbocycles. The van der Waals surface area contributed by atoms with Crippen LogP contribution >= 0.6 is 0 Å². The Balaban J connectivity index is 3.26. The predicted octanol–water partition coefficient (Wildman–Crippen LogP) is 1.69. The number of rotatable bonds is 3. The summed E-state index contributed by atoms with van der Waals surface area (Å²) in [5.41, 5.74) is 6.73. The fourth-order valence-corrected chi connectivity index (χ4v) is 0.474. The first-order valence-corrected chi connectivity index (χ1v) is 3.17. The highest BCUT2D eigenvalue weighted by Crippen LogP contribution is 1.97. The Morgan fingerprint density at radius 2 is 2.25 bits per heavy atom. The summed E-state index contributed by atoms with van der Waals surface area (Å²) in [6, 6.07) is 0. The maximum atomic E-state index is 5.29. The average Bonchev–Trinajstić information content (AvgIpc) is 1.83. The van der Waals surface area contributed by atoms with Gasteiger partial charge in [-0.3, -0.25) is 0 Å². The Bertz CT molecular complexity index is 74.5. The van der Waals surface area contributed by atoms with Crippen molar-refractivity contribution in [3.05, 3.63) is 11.6 Å². The van der Waals surface area contributed by atoms with Gasteiger partial charge in [-0.2, -0.15) is 0 Å². The lowest BCUT2D eigenvalue weighted by Gasteiger charge is -1.91. The summed E-state index contributed by atoms with van der Waals surface area (Å²) in [4.78, 5) is 0. The number of hydrogen-bond acceptors (Lipinski definition) is 1. The second-order valence-electron chi connectivity index (χ2n) is 1.98. The van der Waals surface area contributed by atoms with Crippen LogP contribution in [0.25, 0.3) is 0 Å². The normalized spacial score (nSPS) is 12.1. The maximum absolute atomic E-state index is 5.29. The lowest BCUT2D eigenvalue weighted by atomic mass is 10.2. The van der Waals surface area contributed by atoms with Gasteiger partial charge in [0.1, 0.15) is 0 Å². The molecule has 0 aromatic carbocycles. The van der Waals surface area contributed by atoms with E-state index in [0.29, 0.717) is 0 Å². The van der Waals surface area contributed by atoms with Gasteiger partial charge >= 0.3 is 0 Å². The van der Waals surface area contributed by atoms with E-state index in [4.69, 9.17) is 5.73 Å². The van der Waals surface area contributed by atoms with Crippen LogP contribution in [0, 0.1) is 0 Å². The van der Waals surface area contributed by atoms with Gasteiger partial charge in [0.15, 0.2) is 0 Å². The van der Waals surface area contributed by atoms with Crippen LogP contribution in [0.5, 0.6) is 0 Å². The molecule has 0 aliphatic heterocycles. The molecule has 0 unspecified atom stereocenters. The fourth-order valence-electron chi connectivity index (χ4n) is 0.474. The third-order valence-corrected chi connectivity index (χ3v) is 1.22. The minimum Gasteiger partial charge on any atom is -0.330 e. The van der Waals surface area contributed by atoms with Gasteiger partial charge in [0.25, 0.3) is 0 Å². The molecule has 0 bridgehead atoms. The predicted molar refractivity (Wildman–Crippen MR) is 37.7 cm³/mol. The van der Waals surface area contributed by atoms with Crippen LogP contribution in [0.15, 0.2) is 11.6 Å². The maximum Gasteiger partial charge on any atom is -0.00425 e. The molecular weight excluding hydrogens is 98.1 g/mol. The standard InChI is InChI=1S/C7H15N/c1-3-7(2)5-4-6-8/h5H,3-4,6,8H2,1-2H3/b7-5+. The molecule has 1 heteroatoms. The second kappa shape index (κ2) is 4.85. The van der Waals surface area contributed by atoms with Gasteiger partial charge in [-0.1, -0.05) is 18.6 Å². The van der Waals surface area contributed by atoms with E-state index in [0.717, 1.165) is 19.4 Å². The first-order chi connectivity index (χ1) is 3.81. The van der Waals surface area contributed by atoms with Crippen molar-refractivity contribution >= 4 is 0 Å². The zero-order valence-corrected chi connectivity index (χ0v) is 5.78. The van der Waals surface area contributed by atoms with Crippen molar-refractivity contribution in [2.24, 2.45) is 5.73 Å². The fraction of sp³-hybridized carbons (Fsp3) is 0.714. The Hall–Kier alpha value is -0.300. The topological polar surface area (TPSA) is 26.0 Å². The van der Waals surface area contributed by atoms with Gasteiger partial charge in [0, 0.05) is 0 Å². The number of allylic oxidation sites excluding steroid dienone is 1. The third-order valence-electron chi connectivity index (χ3n) is 1.22. The second-order valence-corrected chi connectivity index (χ2v) is 1.98. The van der Waals surface area contributed by atoms with Gasteiger partial charge in [0.05, 0.1) is 0 Å². The summed E-state index contributed by atoms with van der Waals surface area (Å²) < 4.78 is 0. The monoisotopic (exact) mass is 113 g/mol. The van der Waals surface area contributed by atoms with Gasteiger partial charge in [0.2, 0.25) is 0 Å². The van der Waals surface area contributed by atoms with E-state index in [1.54, 1.807) is 0 Å². The summed E-state index contributed by atoms with van der Waals surface area (Å²) in [6.07, 6.45) is 4.37. The molecule has 1 nitrogen and oxygen atoms in total. The van der Waals surface area contributed by atoms with Crippen LogP contribution in [0.1, 0.15) is 26.7 Å². The highest BCUT2D eigenvalue weighted by atomic mass is 14.5. The third kappa shape index (κ3) is 3.88. The van der Waals surface area contributed by atoms with E-state index in [1.165, 1.54) is 5.57 Å². The molecule has 0 heterocycles. The van der Waals surface area contributed by atoms with Gasteiger partial charge in [-0.15, -0.1) is 0 Å². The lowest BCUT2D eigenvalue weighted by molar-refractivity contribution is 0.974. The molecule has 0 fully saturated rings. The summed E-state index contributed by atoms with van der Waals surface area (Å²) >= 11 is 0. The van der Waals surface area contributed by atoms with E-state index in [1.807, 2.05) is 0 Å². The van der Waals surface area contributed by atoms with Crippen molar-refractivity contribution in [3.8, 4) is 0 Å². The summed E-state index contributed by atoms with van der Waals surface area (Å²) in [6.45, 7) is 5.06. The van der Waals surface area contributed by atoms with Gasteiger partial charge in [-0.25, -0.2) is 0 Å². The van der Waals surface area contributed by atoms with Crippen molar-refractivity contribution in [2.45, 2.75) is 26.7 Å². The molecule has 0 atom stereocenters. The molecular formula is C7H15N. The molecule has 0 aliphatic carbocycles. The Morgan fingerprint density at radius 1 is 1.62 bits per heavy atom. The Morgan fingerprint density at radius 3 is 2.62 bits per heavy atom. The van der Waals surface area contributed by atoms with Crippen molar-refractivity contribution in [1.29, 1.82) is 0 Å². The minimum atomic E-state index is 0.775. The van der Waals surface area contributed by atoms with Crippen molar-refractivity contribution in [3.63, 3.8) is 0 Å². The highest BCUT2D eigenvalue weighted by molar-refractivity contribution is 4.96. The zero-order chi connectivity index (χ0) is 6.41. The molecule has 0 rings (SSSR count). The van der Waals surface area contributed by atoms with Crippen molar-refractivity contribution in [1.82, 2.24) is 0 Å². The molecule has 0 amide bonds. The van der Waals surface area contributed by atoms with Crippen LogP contribution < -0.4 is 5.73 Å². The molecule has 8 heavy (non-hydrogen) atoms. The molecule has 48 valence electrons. The molecule has 0 spiro atoms.